The lowest BCUT2D eigenvalue weighted by atomic mass is 10.1. The third-order valence-electron chi connectivity index (χ3n) is 3.39. The molecule has 0 saturated carbocycles. The van der Waals surface area contributed by atoms with Crippen LogP contribution in [0.2, 0.25) is 5.02 Å². The molecule has 2 aromatic carbocycles. The summed E-state index contributed by atoms with van der Waals surface area (Å²) >= 11 is 6.20. The molecule has 3 heteroatoms. The van der Waals surface area contributed by atoms with Gasteiger partial charge in [-0.1, -0.05) is 48.0 Å². The van der Waals surface area contributed by atoms with E-state index in [0.717, 1.165) is 10.6 Å². The van der Waals surface area contributed by atoms with Crippen molar-refractivity contribution < 1.29 is 4.39 Å². The Morgan fingerprint density at radius 2 is 1.74 bits per heavy atom. The maximum Gasteiger partial charge on any atom is 0.127 e. The van der Waals surface area contributed by atoms with E-state index in [1.165, 1.54) is 6.07 Å². The van der Waals surface area contributed by atoms with Crippen LogP contribution >= 0.6 is 11.6 Å². The Balaban J connectivity index is 2.14. The third kappa shape index (κ3) is 3.34. The number of hydrogen-bond acceptors (Lipinski definition) is 1. The zero-order valence-electron chi connectivity index (χ0n) is 11.1. The van der Waals surface area contributed by atoms with Gasteiger partial charge in [0.1, 0.15) is 5.82 Å². The van der Waals surface area contributed by atoms with Crippen molar-refractivity contribution in [1.82, 2.24) is 4.90 Å². The van der Waals surface area contributed by atoms with Gasteiger partial charge in [-0.05, 0) is 31.7 Å². The molecule has 0 spiro atoms. The Morgan fingerprint density at radius 1 is 1.11 bits per heavy atom. The molecule has 0 radical (unpaired) electrons. The van der Waals surface area contributed by atoms with Crippen LogP contribution in [0.25, 0.3) is 0 Å². The van der Waals surface area contributed by atoms with Crippen molar-refractivity contribution in [1.29, 1.82) is 0 Å². The fraction of sp³-hybridized carbons (Fsp3) is 0.250. The molecule has 100 valence electrons. The minimum Gasteiger partial charge on any atom is -0.295 e. The zero-order valence-corrected chi connectivity index (χ0v) is 11.9. The first-order valence-electron chi connectivity index (χ1n) is 6.27. The molecule has 0 fully saturated rings. The summed E-state index contributed by atoms with van der Waals surface area (Å²) in [6.45, 7) is 2.63. The molecule has 1 nitrogen and oxygen atoms in total. The number of rotatable bonds is 4. The number of benzene rings is 2. The Hall–Kier alpha value is -1.38. The fourth-order valence-corrected chi connectivity index (χ4v) is 2.38. The van der Waals surface area contributed by atoms with Crippen LogP contribution in [-0.4, -0.2) is 11.9 Å². The summed E-state index contributed by atoms with van der Waals surface area (Å²) in [7, 11) is 1.97. The Morgan fingerprint density at radius 3 is 2.42 bits per heavy atom. The van der Waals surface area contributed by atoms with E-state index in [0.29, 0.717) is 12.1 Å². The van der Waals surface area contributed by atoms with Crippen LogP contribution in [0.1, 0.15) is 24.1 Å². The van der Waals surface area contributed by atoms with E-state index in [1.54, 1.807) is 6.07 Å². The van der Waals surface area contributed by atoms with E-state index in [1.807, 2.05) is 43.4 Å². The highest BCUT2D eigenvalue weighted by molar-refractivity contribution is 6.31. The lowest BCUT2D eigenvalue weighted by Gasteiger charge is -2.26. The largest absolute Gasteiger partial charge is 0.295 e. The molecule has 1 atom stereocenters. The SMILES string of the molecule is CC(c1ccccc1Cl)N(C)Cc1ccccc1F. The topological polar surface area (TPSA) is 3.24 Å². The van der Waals surface area contributed by atoms with Crippen molar-refractivity contribution in [2.75, 3.05) is 7.05 Å². The molecule has 0 bridgehead atoms. The lowest BCUT2D eigenvalue weighted by Crippen LogP contribution is -2.22. The van der Waals surface area contributed by atoms with Crippen LogP contribution in [0.15, 0.2) is 48.5 Å². The number of nitrogens with zero attached hydrogens (tertiary/aromatic N) is 1. The molecule has 0 aromatic heterocycles. The summed E-state index contributed by atoms with van der Waals surface area (Å²) in [5, 5.41) is 0.746. The molecular formula is C16H17ClFN. The lowest BCUT2D eigenvalue weighted by molar-refractivity contribution is 0.249. The van der Waals surface area contributed by atoms with Gasteiger partial charge in [0.2, 0.25) is 0 Å². The molecule has 0 saturated heterocycles. The maximum atomic E-state index is 13.6. The fourth-order valence-electron chi connectivity index (χ4n) is 2.08. The maximum absolute atomic E-state index is 13.6. The first kappa shape index (κ1) is 14.0. The van der Waals surface area contributed by atoms with Gasteiger partial charge < -0.3 is 0 Å². The van der Waals surface area contributed by atoms with E-state index < -0.39 is 0 Å². The smallest absolute Gasteiger partial charge is 0.127 e. The Labute approximate surface area is 118 Å². The monoisotopic (exact) mass is 277 g/mol. The van der Waals surface area contributed by atoms with E-state index in [9.17, 15) is 4.39 Å². The second kappa shape index (κ2) is 6.18. The van der Waals surface area contributed by atoms with Gasteiger partial charge in [-0.3, -0.25) is 4.90 Å². The Bertz CT molecular complexity index is 556. The van der Waals surface area contributed by atoms with E-state index >= 15 is 0 Å². The summed E-state index contributed by atoms with van der Waals surface area (Å²) < 4.78 is 13.6. The summed E-state index contributed by atoms with van der Waals surface area (Å²) in [5.74, 6) is -0.166. The predicted molar refractivity (Wildman–Crippen MR) is 77.7 cm³/mol. The summed E-state index contributed by atoms with van der Waals surface area (Å²) in [4.78, 5) is 2.08. The van der Waals surface area contributed by atoms with Gasteiger partial charge in [-0.25, -0.2) is 4.39 Å². The quantitative estimate of drug-likeness (QED) is 0.785. The highest BCUT2D eigenvalue weighted by Crippen LogP contribution is 2.27. The van der Waals surface area contributed by atoms with Crippen LogP contribution < -0.4 is 0 Å². The van der Waals surface area contributed by atoms with Crippen LogP contribution in [0.4, 0.5) is 4.39 Å². The molecule has 0 aliphatic rings. The van der Waals surface area contributed by atoms with Crippen molar-refractivity contribution in [3.63, 3.8) is 0 Å². The highest BCUT2D eigenvalue weighted by Gasteiger charge is 2.15. The minimum atomic E-state index is -0.166. The minimum absolute atomic E-state index is 0.133. The van der Waals surface area contributed by atoms with Gasteiger partial charge in [-0.15, -0.1) is 0 Å². The Kier molecular flexibility index (Phi) is 4.56. The van der Waals surface area contributed by atoms with Gasteiger partial charge in [-0.2, -0.15) is 0 Å². The summed E-state index contributed by atoms with van der Waals surface area (Å²) in [6, 6.07) is 14.8. The van der Waals surface area contributed by atoms with Gasteiger partial charge in [0, 0.05) is 23.2 Å². The van der Waals surface area contributed by atoms with Crippen molar-refractivity contribution in [2.45, 2.75) is 19.5 Å². The van der Waals surface area contributed by atoms with E-state index in [2.05, 4.69) is 11.8 Å². The summed E-state index contributed by atoms with van der Waals surface area (Å²) in [6.07, 6.45) is 0. The molecule has 0 amide bonds. The van der Waals surface area contributed by atoms with Crippen molar-refractivity contribution in [2.24, 2.45) is 0 Å². The normalized spacial score (nSPS) is 12.7. The highest BCUT2D eigenvalue weighted by atomic mass is 35.5. The molecule has 0 heterocycles. The van der Waals surface area contributed by atoms with Gasteiger partial charge in [0.25, 0.3) is 0 Å². The predicted octanol–water partition coefficient (Wildman–Crippen LogP) is 4.67. The zero-order chi connectivity index (χ0) is 13.8. The van der Waals surface area contributed by atoms with Gasteiger partial charge >= 0.3 is 0 Å². The van der Waals surface area contributed by atoms with Crippen molar-refractivity contribution in [3.8, 4) is 0 Å². The standard InChI is InChI=1S/C16H17ClFN/c1-12(14-8-4-5-9-15(14)17)19(2)11-13-7-3-6-10-16(13)18/h3-10,12H,11H2,1-2H3. The molecule has 19 heavy (non-hydrogen) atoms. The molecule has 1 unspecified atom stereocenters. The third-order valence-corrected chi connectivity index (χ3v) is 3.74. The molecule has 2 rings (SSSR count). The number of halogens is 2. The first-order chi connectivity index (χ1) is 9.09. The van der Waals surface area contributed by atoms with Crippen molar-refractivity contribution in [3.05, 3.63) is 70.5 Å². The van der Waals surface area contributed by atoms with Crippen LogP contribution in [-0.2, 0) is 6.54 Å². The van der Waals surface area contributed by atoms with Crippen LogP contribution in [0.3, 0.4) is 0 Å². The number of hydrogen-bond donors (Lipinski definition) is 0. The van der Waals surface area contributed by atoms with E-state index in [-0.39, 0.29) is 11.9 Å². The van der Waals surface area contributed by atoms with Gasteiger partial charge in [0.15, 0.2) is 0 Å². The summed E-state index contributed by atoms with van der Waals surface area (Å²) in [5.41, 5.74) is 1.76. The average molecular weight is 278 g/mol. The first-order valence-corrected chi connectivity index (χ1v) is 6.65. The van der Waals surface area contributed by atoms with Crippen molar-refractivity contribution >= 4 is 11.6 Å². The van der Waals surface area contributed by atoms with E-state index in [4.69, 9.17) is 11.6 Å². The second-order valence-corrected chi connectivity index (χ2v) is 5.11. The van der Waals surface area contributed by atoms with Crippen LogP contribution in [0, 0.1) is 5.82 Å². The van der Waals surface area contributed by atoms with Gasteiger partial charge in [0.05, 0.1) is 0 Å². The molecule has 0 aliphatic heterocycles. The second-order valence-electron chi connectivity index (χ2n) is 4.70. The molecule has 2 aromatic rings. The van der Waals surface area contributed by atoms with Crippen LogP contribution in [0.5, 0.6) is 0 Å². The molecule has 0 aliphatic carbocycles. The average Bonchev–Trinajstić information content (AvgIpc) is 2.41. The molecular weight excluding hydrogens is 261 g/mol. The molecule has 0 N–H and O–H groups in total.